The molecule has 170 valence electrons. The highest BCUT2D eigenvalue weighted by Gasteiger charge is 2.07. The van der Waals surface area contributed by atoms with Gasteiger partial charge in [0.25, 0.3) is 0 Å². The van der Waals surface area contributed by atoms with E-state index in [1.165, 1.54) is 94.6 Å². The summed E-state index contributed by atoms with van der Waals surface area (Å²) in [5.74, 6) is 0. The van der Waals surface area contributed by atoms with Crippen molar-refractivity contribution in [1.82, 2.24) is 5.32 Å². The molecule has 1 atom stereocenters. The molecule has 2 nitrogen and oxygen atoms in total. The molecule has 0 radical (unpaired) electrons. The Morgan fingerprint density at radius 3 is 1.84 bits per heavy atom. The van der Waals surface area contributed by atoms with Gasteiger partial charge in [-0.2, -0.15) is 0 Å². The lowest BCUT2D eigenvalue weighted by Crippen LogP contribution is -2.21. The van der Waals surface area contributed by atoms with E-state index in [2.05, 4.69) is 71.8 Å². The van der Waals surface area contributed by atoms with Crippen molar-refractivity contribution >= 4 is 6.08 Å². The quantitative estimate of drug-likeness (QED) is 0.243. The molecule has 1 unspecified atom stereocenters. The van der Waals surface area contributed by atoms with E-state index in [4.69, 9.17) is 0 Å². The molecule has 1 heterocycles. The molecule has 0 aliphatic rings. The van der Waals surface area contributed by atoms with Crippen LogP contribution in [-0.2, 0) is 0 Å². The van der Waals surface area contributed by atoms with Crippen molar-refractivity contribution in [3.63, 3.8) is 0 Å². The Morgan fingerprint density at radius 2 is 1.26 bits per heavy atom. The Bertz CT molecular complexity index is 666. The maximum Gasteiger partial charge on any atom is 0.167 e. The van der Waals surface area contributed by atoms with Crippen LogP contribution < -0.4 is 10.3 Å². The third-order valence-corrected chi connectivity index (χ3v) is 6.03. The molecule has 0 spiro atoms. The molecular weight excluding hydrogens is 376 g/mol. The fourth-order valence-corrected chi connectivity index (χ4v) is 4.08. The van der Waals surface area contributed by atoms with E-state index in [0.717, 1.165) is 6.54 Å². The lowest BCUT2D eigenvalue weighted by Gasteiger charge is -2.15. The van der Waals surface area contributed by atoms with Crippen molar-refractivity contribution in [2.24, 2.45) is 0 Å². The zero-order valence-electron chi connectivity index (χ0n) is 19.8. The summed E-state index contributed by atoms with van der Waals surface area (Å²) in [5, 5.41) is 3.75. The van der Waals surface area contributed by atoms with E-state index in [1.807, 2.05) is 12.4 Å². The Labute approximate surface area is 191 Å². The number of hydrogen-bond donors (Lipinski definition) is 1. The fourth-order valence-electron chi connectivity index (χ4n) is 4.08. The number of rotatable bonds is 18. The molecule has 0 saturated heterocycles. The van der Waals surface area contributed by atoms with E-state index >= 15 is 0 Å². The average molecular weight is 422 g/mol. The Morgan fingerprint density at radius 1 is 0.710 bits per heavy atom. The lowest BCUT2D eigenvalue weighted by molar-refractivity contribution is -0.378. The number of benzene rings is 1. The molecule has 0 amide bonds. The molecule has 0 aliphatic heterocycles. The minimum atomic E-state index is 0.257. The van der Waals surface area contributed by atoms with Crippen LogP contribution in [0.15, 0.2) is 60.9 Å². The van der Waals surface area contributed by atoms with Gasteiger partial charge in [0.2, 0.25) is 0 Å². The van der Waals surface area contributed by atoms with Gasteiger partial charge in [-0.05, 0) is 24.1 Å². The highest BCUT2D eigenvalue weighted by atomic mass is 14.9. The van der Waals surface area contributed by atoms with Gasteiger partial charge in [-0.3, -0.25) is 0 Å². The second-order valence-corrected chi connectivity index (χ2v) is 8.78. The molecule has 2 heteroatoms. The smallest absolute Gasteiger partial charge is 0.167 e. The zero-order chi connectivity index (χ0) is 21.8. The van der Waals surface area contributed by atoms with Crippen molar-refractivity contribution in [2.45, 2.75) is 96.4 Å². The van der Waals surface area contributed by atoms with Crippen LogP contribution >= 0.6 is 0 Å². The number of H-pyrrole nitrogens is 1. The minimum Gasteiger partial charge on any atom is -0.307 e. The normalized spacial score (nSPS) is 12.4. The molecule has 2 rings (SSSR count). The van der Waals surface area contributed by atoms with Gasteiger partial charge >= 0.3 is 0 Å². The van der Waals surface area contributed by atoms with Gasteiger partial charge in [0.05, 0.1) is 6.04 Å². The number of nitrogens with one attached hydrogen (secondary N) is 2. The third-order valence-electron chi connectivity index (χ3n) is 6.03. The second kappa shape index (κ2) is 17.7. The van der Waals surface area contributed by atoms with E-state index in [1.54, 1.807) is 0 Å². The van der Waals surface area contributed by atoms with Gasteiger partial charge in [0.1, 0.15) is 0 Å². The van der Waals surface area contributed by atoms with Gasteiger partial charge in [-0.1, -0.05) is 126 Å². The monoisotopic (exact) mass is 421 g/mol. The Hall–Kier alpha value is -1.93. The fraction of sp³-hybridized carbons (Fsp3) is 0.552. The molecule has 0 saturated carbocycles. The molecule has 31 heavy (non-hydrogen) atoms. The van der Waals surface area contributed by atoms with Gasteiger partial charge in [-0.25, -0.2) is 4.98 Å². The maximum atomic E-state index is 3.75. The van der Waals surface area contributed by atoms with Crippen molar-refractivity contribution in [3.8, 4) is 0 Å². The summed E-state index contributed by atoms with van der Waals surface area (Å²) < 4.78 is 0. The van der Waals surface area contributed by atoms with Gasteiger partial charge < -0.3 is 5.32 Å². The van der Waals surface area contributed by atoms with Crippen molar-refractivity contribution in [1.29, 1.82) is 0 Å². The third kappa shape index (κ3) is 12.5. The molecule has 1 aromatic carbocycles. The summed E-state index contributed by atoms with van der Waals surface area (Å²) >= 11 is 0. The predicted molar refractivity (Wildman–Crippen MR) is 135 cm³/mol. The van der Waals surface area contributed by atoms with Crippen LogP contribution in [-0.4, -0.2) is 6.54 Å². The van der Waals surface area contributed by atoms with Crippen LogP contribution in [0.25, 0.3) is 6.08 Å². The Balaban J connectivity index is 1.55. The first-order chi connectivity index (χ1) is 15.4. The lowest BCUT2D eigenvalue weighted by atomic mass is 10.0. The van der Waals surface area contributed by atoms with Crippen LogP contribution in [0.2, 0.25) is 0 Å². The minimum absolute atomic E-state index is 0.257. The van der Waals surface area contributed by atoms with Gasteiger partial charge in [0.15, 0.2) is 12.4 Å². The van der Waals surface area contributed by atoms with Crippen LogP contribution in [0.5, 0.6) is 0 Å². The molecule has 2 aromatic rings. The van der Waals surface area contributed by atoms with Crippen LogP contribution in [0.3, 0.4) is 0 Å². The molecule has 1 aromatic heterocycles. The molecular formula is C29H45N2+. The standard InChI is InChI=1S/C29H44N2/c1-2-3-4-5-6-7-8-9-10-11-12-13-17-24-31-29(28-22-25-30-26-23-28)21-20-27-18-15-14-16-19-27/h14-16,18-23,25-26,29,31H,2-13,17,24H2,1H3/p+1. The summed E-state index contributed by atoms with van der Waals surface area (Å²) in [6, 6.07) is 15.1. The van der Waals surface area contributed by atoms with Crippen LogP contribution in [0, 0.1) is 0 Å². The highest BCUT2D eigenvalue weighted by molar-refractivity contribution is 5.50. The predicted octanol–water partition coefficient (Wildman–Crippen LogP) is 7.94. The van der Waals surface area contributed by atoms with Crippen molar-refractivity contribution < 1.29 is 4.98 Å². The summed E-state index contributed by atoms with van der Waals surface area (Å²) in [6.07, 6.45) is 26.7. The largest absolute Gasteiger partial charge is 0.307 e. The van der Waals surface area contributed by atoms with Crippen LogP contribution in [0.4, 0.5) is 0 Å². The van der Waals surface area contributed by atoms with E-state index in [0.29, 0.717) is 0 Å². The number of unbranched alkanes of at least 4 members (excludes halogenated alkanes) is 12. The van der Waals surface area contributed by atoms with Gasteiger partial charge in [0, 0.05) is 12.1 Å². The SMILES string of the molecule is CCCCCCCCCCCCCCCNC(C=Cc1ccccc1)c1cc[nH+]cc1. The zero-order valence-corrected chi connectivity index (χ0v) is 19.8. The number of aromatic amines is 1. The number of hydrogen-bond acceptors (Lipinski definition) is 1. The first-order valence-electron chi connectivity index (χ1n) is 12.8. The highest BCUT2D eigenvalue weighted by Crippen LogP contribution is 2.16. The van der Waals surface area contributed by atoms with E-state index in [9.17, 15) is 0 Å². The first kappa shape index (κ1) is 25.3. The molecule has 0 fully saturated rings. The van der Waals surface area contributed by atoms with Crippen LogP contribution in [0.1, 0.15) is 108 Å². The summed E-state index contributed by atoms with van der Waals surface area (Å²) in [4.78, 5) is 3.13. The van der Waals surface area contributed by atoms with Crippen molar-refractivity contribution in [3.05, 3.63) is 72.1 Å². The first-order valence-corrected chi connectivity index (χ1v) is 12.8. The Kier molecular flexibility index (Phi) is 14.5. The summed E-state index contributed by atoms with van der Waals surface area (Å²) in [5.41, 5.74) is 2.55. The maximum absolute atomic E-state index is 3.75. The average Bonchev–Trinajstić information content (AvgIpc) is 2.82. The summed E-state index contributed by atoms with van der Waals surface area (Å²) in [6.45, 7) is 3.36. The molecule has 0 bridgehead atoms. The van der Waals surface area contributed by atoms with E-state index < -0.39 is 0 Å². The topological polar surface area (TPSA) is 26.2 Å². The van der Waals surface area contributed by atoms with E-state index in [-0.39, 0.29) is 6.04 Å². The second-order valence-electron chi connectivity index (χ2n) is 8.78. The van der Waals surface area contributed by atoms with Crippen molar-refractivity contribution in [2.75, 3.05) is 6.54 Å². The molecule has 2 N–H and O–H groups in total. The molecule has 0 aliphatic carbocycles. The summed E-state index contributed by atoms with van der Waals surface area (Å²) in [7, 11) is 0. The number of aromatic nitrogens is 1. The van der Waals surface area contributed by atoms with Gasteiger partial charge in [-0.15, -0.1) is 0 Å². The number of pyridine rings is 1.